The summed E-state index contributed by atoms with van der Waals surface area (Å²) in [6.07, 6.45) is 5.58. The van der Waals surface area contributed by atoms with E-state index >= 15 is 0 Å². The largest absolute Gasteiger partial charge is 0.378 e. The highest BCUT2D eigenvalue weighted by atomic mass is 35.7. The Kier molecular flexibility index (Phi) is 3.11. The Hall–Kier alpha value is -0.660. The predicted molar refractivity (Wildman–Crippen MR) is 68.6 cm³/mol. The number of methoxy groups -OCH3 is 1. The molecule has 0 radical (unpaired) electrons. The van der Waals surface area contributed by atoms with Crippen molar-refractivity contribution in [2.75, 3.05) is 7.11 Å². The molecule has 0 atom stereocenters. The summed E-state index contributed by atoms with van der Waals surface area (Å²) in [4.78, 5) is 0. The van der Waals surface area contributed by atoms with Gasteiger partial charge in [-0.2, -0.15) is 0 Å². The first-order chi connectivity index (χ1) is 8.95. The van der Waals surface area contributed by atoms with Gasteiger partial charge in [-0.3, -0.25) is 4.57 Å². The van der Waals surface area contributed by atoms with Crippen molar-refractivity contribution in [3.63, 3.8) is 0 Å². The van der Waals surface area contributed by atoms with Crippen molar-refractivity contribution in [2.45, 2.75) is 55.3 Å². The van der Waals surface area contributed by atoms with Crippen molar-refractivity contribution in [3.05, 3.63) is 5.82 Å². The van der Waals surface area contributed by atoms with Crippen molar-refractivity contribution in [1.82, 2.24) is 14.8 Å². The molecule has 6 nitrogen and oxygen atoms in total. The molecule has 19 heavy (non-hydrogen) atoms. The smallest absolute Gasteiger partial charge is 0.296 e. The lowest BCUT2D eigenvalue weighted by atomic mass is 9.77. The van der Waals surface area contributed by atoms with E-state index in [-0.39, 0.29) is 16.8 Å². The van der Waals surface area contributed by atoms with Gasteiger partial charge in [0.25, 0.3) is 14.2 Å². The van der Waals surface area contributed by atoms with Crippen molar-refractivity contribution in [2.24, 2.45) is 0 Å². The lowest BCUT2D eigenvalue weighted by Gasteiger charge is -2.40. The second kappa shape index (κ2) is 4.43. The van der Waals surface area contributed by atoms with Crippen LogP contribution in [0.5, 0.6) is 0 Å². The van der Waals surface area contributed by atoms with Gasteiger partial charge in [-0.1, -0.05) is 0 Å². The van der Waals surface area contributed by atoms with E-state index in [0.29, 0.717) is 12.2 Å². The fourth-order valence-corrected chi connectivity index (χ4v) is 3.55. The standard InChI is InChI=1S/C11H16ClN3O3S/c1-18-11(5-2-6-11)7-9-13-14-10(19(12,16)17)15(9)8-3-4-8/h8H,2-7H2,1H3. The first-order valence-corrected chi connectivity index (χ1v) is 8.70. The molecule has 2 fully saturated rings. The molecule has 8 heteroatoms. The molecule has 0 bridgehead atoms. The first kappa shape index (κ1) is 13.3. The van der Waals surface area contributed by atoms with Gasteiger partial charge in [0.05, 0.1) is 5.60 Å². The van der Waals surface area contributed by atoms with E-state index < -0.39 is 9.05 Å². The van der Waals surface area contributed by atoms with Gasteiger partial charge in [-0.15, -0.1) is 10.2 Å². The molecule has 1 aromatic heterocycles. The Bertz CT molecular complexity index is 585. The van der Waals surface area contributed by atoms with Crippen LogP contribution < -0.4 is 0 Å². The molecular weight excluding hydrogens is 290 g/mol. The Morgan fingerprint density at radius 2 is 2.11 bits per heavy atom. The van der Waals surface area contributed by atoms with Gasteiger partial charge in [-0.05, 0) is 32.1 Å². The zero-order valence-corrected chi connectivity index (χ0v) is 12.2. The van der Waals surface area contributed by atoms with Crippen LogP contribution in [0.1, 0.15) is 44.0 Å². The third-order valence-electron chi connectivity index (χ3n) is 4.04. The number of ether oxygens (including phenoxy) is 1. The van der Waals surface area contributed by atoms with Crippen LogP contribution in [0.2, 0.25) is 0 Å². The number of hydrogen-bond acceptors (Lipinski definition) is 5. The summed E-state index contributed by atoms with van der Waals surface area (Å²) in [7, 11) is 3.26. The molecule has 2 saturated carbocycles. The summed E-state index contributed by atoms with van der Waals surface area (Å²) >= 11 is 0. The van der Waals surface area contributed by atoms with Crippen LogP contribution in [-0.2, 0) is 20.2 Å². The molecule has 0 spiro atoms. The number of rotatable bonds is 5. The molecule has 1 heterocycles. The Morgan fingerprint density at radius 1 is 1.42 bits per heavy atom. The van der Waals surface area contributed by atoms with Crippen molar-refractivity contribution < 1.29 is 13.2 Å². The van der Waals surface area contributed by atoms with E-state index in [9.17, 15) is 8.42 Å². The summed E-state index contributed by atoms with van der Waals surface area (Å²) in [6, 6.07) is 0.169. The minimum absolute atomic E-state index is 0.128. The third kappa shape index (κ3) is 2.39. The maximum Gasteiger partial charge on any atom is 0.296 e. The topological polar surface area (TPSA) is 74.1 Å². The molecule has 0 N–H and O–H groups in total. The quantitative estimate of drug-likeness (QED) is 0.773. The third-order valence-corrected chi connectivity index (χ3v) is 5.17. The summed E-state index contributed by atoms with van der Waals surface area (Å²) < 4.78 is 30.3. The van der Waals surface area contributed by atoms with Gasteiger partial charge in [0, 0.05) is 30.3 Å². The molecule has 0 aliphatic heterocycles. The summed E-state index contributed by atoms with van der Waals surface area (Å²) in [5.41, 5.74) is -0.201. The molecule has 106 valence electrons. The Labute approximate surface area is 116 Å². The number of nitrogens with zero attached hydrogens (tertiary/aromatic N) is 3. The van der Waals surface area contributed by atoms with Gasteiger partial charge in [0.2, 0.25) is 0 Å². The highest BCUT2D eigenvalue weighted by molar-refractivity contribution is 8.13. The molecule has 0 saturated heterocycles. The second-order valence-electron chi connectivity index (χ2n) is 5.36. The number of hydrogen-bond donors (Lipinski definition) is 0. The molecule has 1 aromatic rings. The van der Waals surface area contributed by atoms with Crippen molar-refractivity contribution in [3.8, 4) is 0 Å². The van der Waals surface area contributed by atoms with Crippen LogP contribution in [0, 0.1) is 0 Å². The average molecular weight is 306 g/mol. The normalized spacial score (nSPS) is 22.2. The summed E-state index contributed by atoms with van der Waals surface area (Å²) in [6.45, 7) is 0. The number of halogens is 1. The van der Waals surface area contributed by atoms with E-state index in [4.69, 9.17) is 15.4 Å². The fourth-order valence-electron chi connectivity index (χ4n) is 2.61. The van der Waals surface area contributed by atoms with Crippen LogP contribution >= 0.6 is 10.7 Å². The van der Waals surface area contributed by atoms with Gasteiger partial charge in [-0.25, -0.2) is 8.42 Å². The van der Waals surface area contributed by atoms with Crippen LogP contribution in [-0.4, -0.2) is 35.9 Å². The van der Waals surface area contributed by atoms with Crippen LogP contribution in [0.15, 0.2) is 5.16 Å². The average Bonchev–Trinajstić information content (AvgIpc) is 3.03. The van der Waals surface area contributed by atoms with E-state index in [2.05, 4.69) is 10.2 Å². The fraction of sp³-hybridized carbons (Fsp3) is 0.818. The minimum Gasteiger partial charge on any atom is -0.378 e. The van der Waals surface area contributed by atoms with Crippen molar-refractivity contribution >= 4 is 19.7 Å². The summed E-state index contributed by atoms with van der Waals surface area (Å²) in [5.74, 6) is 0.670. The lowest BCUT2D eigenvalue weighted by molar-refractivity contribution is -0.0727. The van der Waals surface area contributed by atoms with Crippen LogP contribution in [0.3, 0.4) is 0 Å². The predicted octanol–water partition coefficient (Wildman–Crippen LogP) is 1.65. The lowest BCUT2D eigenvalue weighted by Crippen LogP contribution is -2.42. The van der Waals surface area contributed by atoms with Crippen LogP contribution in [0.4, 0.5) is 0 Å². The van der Waals surface area contributed by atoms with E-state index in [1.54, 1.807) is 11.7 Å². The molecule has 2 aliphatic carbocycles. The Morgan fingerprint density at radius 3 is 2.53 bits per heavy atom. The maximum atomic E-state index is 11.5. The first-order valence-electron chi connectivity index (χ1n) is 6.39. The molecule has 0 unspecified atom stereocenters. The highest BCUT2D eigenvalue weighted by Crippen LogP contribution is 2.42. The molecule has 0 amide bonds. The maximum absolute atomic E-state index is 11.5. The minimum atomic E-state index is -3.85. The highest BCUT2D eigenvalue weighted by Gasteiger charge is 2.41. The van der Waals surface area contributed by atoms with Crippen molar-refractivity contribution in [1.29, 1.82) is 0 Å². The van der Waals surface area contributed by atoms with E-state index in [0.717, 1.165) is 32.1 Å². The molecule has 0 aromatic carbocycles. The number of aromatic nitrogens is 3. The zero-order valence-electron chi connectivity index (χ0n) is 10.7. The van der Waals surface area contributed by atoms with E-state index in [1.165, 1.54) is 0 Å². The summed E-state index contributed by atoms with van der Waals surface area (Å²) in [5, 5.41) is 7.66. The van der Waals surface area contributed by atoms with Gasteiger partial charge < -0.3 is 4.74 Å². The molecular formula is C11H16ClN3O3S. The van der Waals surface area contributed by atoms with E-state index in [1.807, 2.05) is 0 Å². The Balaban J connectivity index is 1.96. The molecule has 2 aliphatic rings. The SMILES string of the molecule is COC1(Cc2nnc(S(=O)(=O)Cl)n2C2CC2)CCC1. The van der Waals surface area contributed by atoms with Gasteiger partial charge in [0.15, 0.2) is 0 Å². The van der Waals surface area contributed by atoms with Gasteiger partial charge >= 0.3 is 0 Å². The second-order valence-corrected chi connectivity index (χ2v) is 7.81. The zero-order chi connectivity index (χ0) is 13.7. The monoisotopic (exact) mass is 305 g/mol. The van der Waals surface area contributed by atoms with Gasteiger partial charge in [0.1, 0.15) is 5.82 Å². The van der Waals surface area contributed by atoms with Crippen LogP contribution in [0.25, 0.3) is 0 Å². The molecule has 3 rings (SSSR count).